The molecule has 6 heteroatoms. The highest BCUT2D eigenvalue weighted by Gasteiger charge is 2.39. The van der Waals surface area contributed by atoms with Gasteiger partial charge in [0.2, 0.25) is 0 Å². The molecule has 26 heavy (non-hydrogen) atoms. The number of rotatable bonds is 4. The summed E-state index contributed by atoms with van der Waals surface area (Å²) in [7, 11) is 1.56. The minimum atomic E-state index is -0.752. The van der Waals surface area contributed by atoms with Crippen LogP contribution in [0.2, 0.25) is 0 Å². The molecule has 0 radical (unpaired) electrons. The summed E-state index contributed by atoms with van der Waals surface area (Å²) < 4.78 is 5.16. The van der Waals surface area contributed by atoms with Crippen LogP contribution in [0.15, 0.2) is 71.6 Å². The Kier molecular flexibility index (Phi) is 4.72. The second-order valence-corrected chi connectivity index (χ2v) is 5.87. The fourth-order valence-electron chi connectivity index (χ4n) is 3.11. The van der Waals surface area contributed by atoms with Gasteiger partial charge in [0.25, 0.3) is 5.70 Å². The van der Waals surface area contributed by atoms with Crippen LogP contribution >= 0.6 is 0 Å². The number of ether oxygens (including phenoxy) is 1. The molecule has 0 saturated carbocycles. The Morgan fingerprint density at radius 3 is 2.35 bits per heavy atom. The lowest BCUT2D eigenvalue weighted by Gasteiger charge is -2.25. The zero-order valence-electron chi connectivity index (χ0n) is 14.4. The van der Waals surface area contributed by atoms with Crippen LogP contribution in [0, 0.1) is 21.4 Å². The summed E-state index contributed by atoms with van der Waals surface area (Å²) in [5.41, 5.74) is 2.69. The van der Waals surface area contributed by atoms with E-state index in [1.165, 1.54) is 0 Å². The van der Waals surface area contributed by atoms with Crippen molar-refractivity contribution in [3.63, 3.8) is 0 Å². The average molecular weight is 347 g/mol. The lowest BCUT2D eigenvalue weighted by Crippen LogP contribution is -2.27. The highest BCUT2D eigenvalue weighted by Crippen LogP contribution is 2.40. The van der Waals surface area contributed by atoms with E-state index in [1.807, 2.05) is 30.3 Å². The molecular weight excluding hydrogens is 330 g/mol. The number of allylic oxidation sites excluding steroid dienone is 2. The molecule has 1 aliphatic heterocycles. The largest absolute Gasteiger partial charge is 0.497 e. The minimum Gasteiger partial charge on any atom is -0.497 e. The first-order chi connectivity index (χ1) is 12.6. The molecular formula is C20H17N3O3. The standard InChI is InChI=1S/C20H17N3O3/c1-13-17(12-21)18(14-8-10-16(26-2)11-9-14)20(23(24)25)19(22-13)15-6-4-3-5-7-15/h3-11,18,22H,1-2H3. The van der Waals surface area contributed by atoms with E-state index < -0.39 is 10.8 Å². The molecule has 0 aliphatic carbocycles. The van der Waals surface area contributed by atoms with Gasteiger partial charge in [-0.2, -0.15) is 5.26 Å². The summed E-state index contributed by atoms with van der Waals surface area (Å²) in [5.74, 6) is -0.103. The summed E-state index contributed by atoms with van der Waals surface area (Å²) >= 11 is 0. The van der Waals surface area contributed by atoms with Crippen molar-refractivity contribution < 1.29 is 9.66 Å². The van der Waals surface area contributed by atoms with Crippen molar-refractivity contribution >= 4 is 5.70 Å². The van der Waals surface area contributed by atoms with Gasteiger partial charge in [-0.25, -0.2) is 0 Å². The van der Waals surface area contributed by atoms with E-state index in [-0.39, 0.29) is 5.70 Å². The van der Waals surface area contributed by atoms with Crippen LogP contribution < -0.4 is 10.1 Å². The third-order valence-corrected chi connectivity index (χ3v) is 4.36. The van der Waals surface area contributed by atoms with Crippen LogP contribution in [0.3, 0.4) is 0 Å². The summed E-state index contributed by atoms with van der Waals surface area (Å²) in [4.78, 5) is 11.6. The van der Waals surface area contributed by atoms with Crippen LogP contribution in [0.4, 0.5) is 0 Å². The molecule has 1 atom stereocenters. The molecule has 2 aromatic rings. The van der Waals surface area contributed by atoms with Gasteiger partial charge >= 0.3 is 0 Å². The number of nitrogens with zero attached hydrogens (tertiary/aromatic N) is 2. The summed E-state index contributed by atoms with van der Waals surface area (Å²) in [6.07, 6.45) is 0. The number of nitrogens with one attached hydrogen (secondary N) is 1. The monoisotopic (exact) mass is 347 g/mol. The smallest absolute Gasteiger partial charge is 0.282 e. The summed E-state index contributed by atoms with van der Waals surface area (Å²) in [5, 5.41) is 24.7. The third-order valence-electron chi connectivity index (χ3n) is 4.36. The number of dihydropyridines is 1. The fourth-order valence-corrected chi connectivity index (χ4v) is 3.11. The van der Waals surface area contributed by atoms with Crippen molar-refractivity contribution in [2.24, 2.45) is 0 Å². The minimum absolute atomic E-state index is 0.0384. The lowest BCUT2D eigenvalue weighted by molar-refractivity contribution is -0.428. The molecule has 1 unspecified atom stereocenters. The van der Waals surface area contributed by atoms with Crippen molar-refractivity contribution in [3.05, 3.63) is 92.8 Å². The molecule has 0 saturated heterocycles. The summed E-state index contributed by atoms with van der Waals surface area (Å²) in [6.45, 7) is 1.76. The van der Waals surface area contributed by atoms with Crippen molar-refractivity contribution in [1.29, 1.82) is 5.26 Å². The first kappa shape index (κ1) is 17.2. The molecule has 130 valence electrons. The Balaban J connectivity index is 2.23. The quantitative estimate of drug-likeness (QED) is 0.671. The molecule has 2 aromatic carbocycles. The maximum atomic E-state index is 12.0. The van der Waals surface area contributed by atoms with Gasteiger partial charge in [-0.3, -0.25) is 10.1 Å². The number of hydrogen-bond acceptors (Lipinski definition) is 5. The van der Waals surface area contributed by atoms with Gasteiger partial charge in [0.05, 0.1) is 23.7 Å². The van der Waals surface area contributed by atoms with Gasteiger partial charge in [0, 0.05) is 11.3 Å². The summed E-state index contributed by atoms with van der Waals surface area (Å²) in [6, 6.07) is 18.2. The highest BCUT2D eigenvalue weighted by molar-refractivity contribution is 5.72. The van der Waals surface area contributed by atoms with Crippen molar-refractivity contribution in [3.8, 4) is 11.8 Å². The normalized spacial score (nSPS) is 16.7. The second-order valence-electron chi connectivity index (χ2n) is 5.87. The molecule has 6 nitrogen and oxygen atoms in total. The van der Waals surface area contributed by atoms with Crippen molar-refractivity contribution in [2.75, 3.05) is 7.11 Å². The fraction of sp³-hybridized carbons (Fsp3) is 0.150. The highest BCUT2D eigenvalue weighted by atomic mass is 16.6. The number of nitriles is 1. The number of benzene rings is 2. The van der Waals surface area contributed by atoms with Gasteiger partial charge in [0.15, 0.2) is 0 Å². The molecule has 1 N–H and O–H groups in total. The molecule has 0 spiro atoms. The maximum Gasteiger partial charge on any atom is 0.282 e. The molecule has 1 heterocycles. The molecule has 3 rings (SSSR count). The van der Waals surface area contributed by atoms with E-state index in [0.717, 1.165) is 0 Å². The van der Waals surface area contributed by atoms with Crippen LogP contribution in [-0.2, 0) is 0 Å². The number of methoxy groups -OCH3 is 1. The Hall–Kier alpha value is -3.59. The van der Waals surface area contributed by atoms with E-state index in [4.69, 9.17) is 4.74 Å². The molecule has 0 bridgehead atoms. The SMILES string of the molecule is COc1ccc(C2C(C#N)=C(C)NC(c3ccccc3)=C2[N+](=O)[O-])cc1. The van der Waals surface area contributed by atoms with E-state index >= 15 is 0 Å². The first-order valence-electron chi connectivity index (χ1n) is 8.02. The third kappa shape index (κ3) is 3.03. The molecule has 0 aromatic heterocycles. The van der Waals surface area contributed by atoms with Crippen LogP contribution in [0.1, 0.15) is 24.0 Å². The van der Waals surface area contributed by atoms with Gasteiger partial charge < -0.3 is 10.1 Å². The topological polar surface area (TPSA) is 88.2 Å². The zero-order chi connectivity index (χ0) is 18.7. The van der Waals surface area contributed by atoms with Gasteiger partial charge in [-0.15, -0.1) is 0 Å². The van der Waals surface area contributed by atoms with Crippen LogP contribution in [0.5, 0.6) is 5.75 Å². The molecule has 1 aliphatic rings. The Morgan fingerprint density at radius 2 is 1.81 bits per heavy atom. The lowest BCUT2D eigenvalue weighted by atomic mass is 9.83. The van der Waals surface area contributed by atoms with Crippen LogP contribution in [-0.4, -0.2) is 12.0 Å². The maximum absolute atomic E-state index is 12.0. The van der Waals surface area contributed by atoms with Gasteiger partial charge in [-0.05, 0) is 24.6 Å². The van der Waals surface area contributed by atoms with Crippen LogP contribution in [0.25, 0.3) is 5.70 Å². The second kappa shape index (κ2) is 7.11. The Morgan fingerprint density at radius 1 is 1.15 bits per heavy atom. The van der Waals surface area contributed by atoms with Crippen molar-refractivity contribution in [2.45, 2.75) is 12.8 Å². The first-order valence-corrected chi connectivity index (χ1v) is 8.02. The Bertz CT molecular complexity index is 939. The van der Waals surface area contributed by atoms with Crippen molar-refractivity contribution in [1.82, 2.24) is 5.32 Å². The Labute approximate surface area is 151 Å². The molecule has 0 fully saturated rings. The molecule has 0 amide bonds. The van der Waals surface area contributed by atoms with Gasteiger partial charge in [-0.1, -0.05) is 42.5 Å². The van der Waals surface area contributed by atoms with E-state index in [2.05, 4.69) is 11.4 Å². The number of hydrogen-bond donors (Lipinski definition) is 1. The predicted molar refractivity (Wildman–Crippen MR) is 97.5 cm³/mol. The predicted octanol–water partition coefficient (Wildman–Crippen LogP) is 3.83. The zero-order valence-corrected chi connectivity index (χ0v) is 14.4. The average Bonchev–Trinajstić information content (AvgIpc) is 2.67. The van der Waals surface area contributed by atoms with E-state index in [1.54, 1.807) is 38.3 Å². The number of nitro groups is 1. The van der Waals surface area contributed by atoms with E-state index in [0.29, 0.717) is 33.8 Å². The van der Waals surface area contributed by atoms with E-state index in [9.17, 15) is 15.4 Å². The van der Waals surface area contributed by atoms with Gasteiger partial charge in [0.1, 0.15) is 17.4 Å².